The Morgan fingerprint density at radius 3 is 2.58 bits per heavy atom. The van der Waals surface area contributed by atoms with Gasteiger partial charge < -0.3 is 10.7 Å². The van der Waals surface area contributed by atoms with E-state index in [2.05, 4.69) is 29.0 Å². The minimum Gasteiger partial charge on any atom is -0.399 e. The summed E-state index contributed by atoms with van der Waals surface area (Å²) in [7, 11) is 0. The summed E-state index contributed by atoms with van der Waals surface area (Å²) in [6.45, 7) is 2.06. The number of aryl methyl sites for hydroxylation is 1. The molecule has 1 heterocycles. The molecule has 0 amide bonds. The number of H-pyrrole nitrogens is 1. The zero-order chi connectivity index (χ0) is 13.2. The molecule has 0 saturated carbocycles. The lowest BCUT2D eigenvalue weighted by atomic mass is 10.1. The van der Waals surface area contributed by atoms with Gasteiger partial charge in [0.15, 0.2) is 0 Å². The lowest BCUT2D eigenvalue weighted by Crippen LogP contribution is -1.83. The zero-order valence-corrected chi connectivity index (χ0v) is 10.7. The Morgan fingerprint density at radius 2 is 1.79 bits per heavy atom. The molecule has 19 heavy (non-hydrogen) atoms. The van der Waals surface area contributed by atoms with Crippen molar-refractivity contribution in [3.8, 4) is 0 Å². The number of aliphatic imine (C=N–C) groups is 1. The van der Waals surface area contributed by atoms with Crippen molar-refractivity contribution in [1.29, 1.82) is 0 Å². The summed E-state index contributed by atoms with van der Waals surface area (Å²) in [4.78, 5) is 7.86. The van der Waals surface area contributed by atoms with Gasteiger partial charge in [0.25, 0.3) is 0 Å². The van der Waals surface area contributed by atoms with E-state index in [0.29, 0.717) is 0 Å². The summed E-state index contributed by atoms with van der Waals surface area (Å²) in [6.07, 6.45) is 1.90. The zero-order valence-electron chi connectivity index (χ0n) is 10.7. The topological polar surface area (TPSA) is 54.2 Å². The third kappa shape index (κ3) is 2.22. The van der Waals surface area contributed by atoms with Gasteiger partial charge in [0.1, 0.15) is 0 Å². The van der Waals surface area contributed by atoms with Gasteiger partial charge in [0.05, 0.1) is 5.69 Å². The van der Waals surface area contributed by atoms with Gasteiger partial charge in [0.2, 0.25) is 0 Å². The van der Waals surface area contributed by atoms with Crippen LogP contribution in [0.15, 0.2) is 53.5 Å². The largest absolute Gasteiger partial charge is 0.399 e. The first-order valence-electron chi connectivity index (χ1n) is 6.21. The van der Waals surface area contributed by atoms with Crippen LogP contribution in [0.3, 0.4) is 0 Å². The van der Waals surface area contributed by atoms with Gasteiger partial charge in [-0.3, -0.25) is 4.99 Å². The first-order valence-corrected chi connectivity index (χ1v) is 6.21. The van der Waals surface area contributed by atoms with Crippen LogP contribution in [0, 0.1) is 6.92 Å². The van der Waals surface area contributed by atoms with Crippen molar-refractivity contribution in [2.45, 2.75) is 6.92 Å². The number of hydrogen-bond acceptors (Lipinski definition) is 2. The first kappa shape index (κ1) is 11.5. The Balaban J connectivity index is 2.01. The second-order valence-corrected chi connectivity index (χ2v) is 4.56. The van der Waals surface area contributed by atoms with Gasteiger partial charge in [-0.2, -0.15) is 0 Å². The van der Waals surface area contributed by atoms with E-state index in [1.54, 1.807) is 0 Å². The Kier molecular flexibility index (Phi) is 2.80. The van der Waals surface area contributed by atoms with Crippen LogP contribution in [0.25, 0.3) is 10.9 Å². The van der Waals surface area contributed by atoms with E-state index in [1.807, 2.05) is 42.6 Å². The monoisotopic (exact) mass is 249 g/mol. The van der Waals surface area contributed by atoms with Gasteiger partial charge >= 0.3 is 0 Å². The van der Waals surface area contributed by atoms with Crippen LogP contribution in [-0.2, 0) is 0 Å². The molecule has 0 aliphatic rings. The Hall–Kier alpha value is -2.55. The van der Waals surface area contributed by atoms with E-state index in [-0.39, 0.29) is 0 Å². The van der Waals surface area contributed by atoms with Crippen LogP contribution in [0.2, 0.25) is 0 Å². The Bertz CT molecular complexity index is 736. The van der Waals surface area contributed by atoms with Gasteiger partial charge in [-0.1, -0.05) is 18.2 Å². The molecule has 0 radical (unpaired) electrons. The predicted octanol–water partition coefficient (Wildman–Crippen LogP) is 3.81. The number of aromatic nitrogens is 1. The maximum atomic E-state index is 5.66. The highest BCUT2D eigenvalue weighted by atomic mass is 14.7. The number of para-hydroxylation sites is 1. The van der Waals surface area contributed by atoms with Gasteiger partial charge in [-0.05, 0) is 37.3 Å². The lowest BCUT2D eigenvalue weighted by molar-refractivity contribution is 1.29. The molecule has 0 atom stereocenters. The number of anilines is 1. The first-order chi connectivity index (χ1) is 9.24. The lowest BCUT2D eigenvalue weighted by Gasteiger charge is -1.96. The van der Waals surface area contributed by atoms with Gasteiger partial charge in [-0.25, -0.2) is 0 Å². The average molecular weight is 249 g/mol. The number of hydrogen-bond donors (Lipinski definition) is 2. The minimum atomic E-state index is 0.752. The van der Waals surface area contributed by atoms with Gasteiger partial charge in [0, 0.05) is 34.1 Å². The molecule has 0 saturated heterocycles. The fourth-order valence-corrected chi connectivity index (χ4v) is 2.16. The number of fused-ring (bicyclic) bond motifs is 1. The number of aromatic amines is 1. The molecule has 3 nitrogen and oxygen atoms in total. The van der Waals surface area contributed by atoms with Gasteiger partial charge in [-0.15, -0.1) is 0 Å². The quantitative estimate of drug-likeness (QED) is 0.526. The number of nitrogens with two attached hydrogens (primary N) is 1. The summed E-state index contributed by atoms with van der Waals surface area (Å²) in [5.74, 6) is 0. The highest BCUT2D eigenvalue weighted by Gasteiger charge is 2.04. The summed E-state index contributed by atoms with van der Waals surface area (Å²) in [6, 6.07) is 15.8. The van der Waals surface area contributed by atoms with E-state index < -0.39 is 0 Å². The SMILES string of the molecule is Cc1[nH]c2ccccc2c1C=Nc1ccc(N)cc1. The Morgan fingerprint density at radius 1 is 1.05 bits per heavy atom. The van der Waals surface area contributed by atoms with E-state index in [0.717, 1.165) is 28.1 Å². The molecule has 0 unspecified atom stereocenters. The number of nitrogens with one attached hydrogen (secondary N) is 1. The average Bonchev–Trinajstić information content (AvgIpc) is 2.74. The third-order valence-electron chi connectivity index (χ3n) is 3.18. The summed E-state index contributed by atoms with van der Waals surface area (Å²) in [5, 5.41) is 1.19. The summed E-state index contributed by atoms with van der Waals surface area (Å²) >= 11 is 0. The van der Waals surface area contributed by atoms with Crippen molar-refractivity contribution in [3.63, 3.8) is 0 Å². The van der Waals surface area contributed by atoms with Crippen molar-refractivity contribution in [2.24, 2.45) is 4.99 Å². The van der Waals surface area contributed by atoms with Crippen molar-refractivity contribution in [1.82, 2.24) is 4.98 Å². The molecule has 0 fully saturated rings. The molecule has 3 rings (SSSR count). The van der Waals surface area contributed by atoms with Crippen LogP contribution in [0.4, 0.5) is 11.4 Å². The van der Waals surface area contributed by atoms with Crippen LogP contribution in [-0.4, -0.2) is 11.2 Å². The molecular weight excluding hydrogens is 234 g/mol. The maximum absolute atomic E-state index is 5.66. The highest BCUT2D eigenvalue weighted by Crippen LogP contribution is 2.21. The molecule has 0 aliphatic carbocycles. The molecule has 1 aromatic heterocycles. The number of benzene rings is 2. The van der Waals surface area contributed by atoms with Crippen molar-refractivity contribution < 1.29 is 0 Å². The smallest absolute Gasteiger partial charge is 0.0631 e. The molecule has 2 aromatic carbocycles. The highest BCUT2D eigenvalue weighted by molar-refractivity contribution is 6.01. The molecule has 0 bridgehead atoms. The summed E-state index contributed by atoms with van der Waals surface area (Å²) < 4.78 is 0. The number of nitrogens with zero attached hydrogens (tertiary/aromatic N) is 1. The molecular formula is C16H15N3. The second-order valence-electron chi connectivity index (χ2n) is 4.56. The van der Waals surface area contributed by atoms with Crippen molar-refractivity contribution >= 4 is 28.5 Å². The molecule has 94 valence electrons. The minimum absolute atomic E-state index is 0.752. The van der Waals surface area contributed by atoms with Crippen LogP contribution in [0.1, 0.15) is 11.3 Å². The molecule has 3 aromatic rings. The van der Waals surface area contributed by atoms with Crippen LogP contribution in [0.5, 0.6) is 0 Å². The number of nitrogen functional groups attached to an aromatic ring is 1. The van der Waals surface area contributed by atoms with Crippen molar-refractivity contribution in [2.75, 3.05) is 5.73 Å². The Labute approximate surface area is 111 Å². The third-order valence-corrected chi connectivity index (χ3v) is 3.18. The molecule has 3 heteroatoms. The van der Waals surface area contributed by atoms with Crippen LogP contribution < -0.4 is 5.73 Å². The fourth-order valence-electron chi connectivity index (χ4n) is 2.16. The summed E-state index contributed by atoms with van der Waals surface area (Å²) in [5.41, 5.74) is 10.7. The molecule has 0 spiro atoms. The van der Waals surface area contributed by atoms with Crippen molar-refractivity contribution in [3.05, 3.63) is 59.8 Å². The number of rotatable bonds is 2. The fraction of sp³-hybridized carbons (Fsp3) is 0.0625. The van der Waals surface area contributed by atoms with E-state index in [1.165, 1.54) is 5.39 Å². The van der Waals surface area contributed by atoms with Crippen LogP contribution >= 0.6 is 0 Å². The normalized spacial score (nSPS) is 11.4. The van der Waals surface area contributed by atoms with E-state index in [4.69, 9.17) is 5.73 Å². The maximum Gasteiger partial charge on any atom is 0.0631 e. The predicted molar refractivity (Wildman–Crippen MR) is 81.1 cm³/mol. The standard InChI is InChI=1S/C16H15N3/c1-11-15(14-4-2-3-5-16(14)19-11)10-18-13-8-6-12(17)7-9-13/h2-10,19H,17H2,1H3. The molecule has 0 aliphatic heterocycles. The molecule has 3 N–H and O–H groups in total. The van der Waals surface area contributed by atoms with E-state index >= 15 is 0 Å². The second kappa shape index (κ2) is 4.61. The van der Waals surface area contributed by atoms with E-state index in [9.17, 15) is 0 Å².